The molecule has 8 nitrogen and oxygen atoms in total. The minimum absolute atomic E-state index is 0.0573. The number of sulfonamides is 1. The Hall–Kier alpha value is -3.34. The number of nitrogens with zero attached hydrogens (tertiary/aromatic N) is 1. The maximum Gasteiger partial charge on any atom is 0.251 e. The molecule has 3 aromatic rings. The molecule has 1 amide bonds. The summed E-state index contributed by atoms with van der Waals surface area (Å²) in [5.41, 5.74) is 1.06. The van der Waals surface area contributed by atoms with Crippen molar-refractivity contribution in [1.82, 2.24) is 15.0 Å². The molecule has 0 aliphatic rings. The molecular formula is C22H22FN3O5S. The van der Waals surface area contributed by atoms with Crippen molar-refractivity contribution in [2.24, 2.45) is 0 Å². The summed E-state index contributed by atoms with van der Waals surface area (Å²) >= 11 is 0. The number of hydrogen-bond acceptors (Lipinski definition) is 6. The Morgan fingerprint density at radius 3 is 2.47 bits per heavy atom. The number of carbonyl (C=O) groups excluding carboxylic acids is 1. The van der Waals surface area contributed by atoms with Gasteiger partial charge in [-0.1, -0.05) is 0 Å². The zero-order chi connectivity index (χ0) is 23.0. The fraction of sp³-hybridized carbons (Fsp3) is 0.182. The highest BCUT2D eigenvalue weighted by Crippen LogP contribution is 2.20. The van der Waals surface area contributed by atoms with Crippen LogP contribution in [0.1, 0.15) is 15.9 Å². The molecule has 0 saturated carbocycles. The standard InChI is InChI=1S/C22H22FN3O5S/c1-30-13-12-26-32(28,29)20-8-2-17(3-9-20)22(27)25-15-16-10-11-24-21(14-16)31-19-6-4-18(23)5-7-19/h2-11,14,26H,12-13,15H2,1H3,(H,25,27). The van der Waals surface area contributed by atoms with Crippen molar-refractivity contribution in [3.63, 3.8) is 0 Å². The van der Waals surface area contributed by atoms with Gasteiger partial charge in [0, 0.05) is 38.0 Å². The van der Waals surface area contributed by atoms with Crippen molar-refractivity contribution in [1.29, 1.82) is 0 Å². The Morgan fingerprint density at radius 2 is 1.78 bits per heavy atom. The molecule has 0 bridgehead atoms. The van der Waals surface area contributed by atoms with E-state index in [4.69, 9.17) is 9.47 Å². The van der Waals surface area contributed by atoms with Crippen LogP contribution in [0.4, 0.5) is 4.39 Å². The van der Waals surface area contributed by atoms with Gasteiger partial charge in [0.25, 0.3) is 5.91 Å². The molecule has 0 aliphatic carbocycles. The van der Waals surface area contributed by atoms with Crippen LogP contribution in [0, 0.1) is 5.82 Å². The van der Waals surface area contributed by atoms with Crippen molar-refractivity contribution in [3.05, 3.63) is 83.8 Å². The largest absolute Gasteiger partial charge is 0.439 e. The molecule has 32 heavy (non-hydrogen) atoms. The second-order valence-electron chi connectivity index (χ2n) is 6.66. The van der Waals surface area contributed by atoms with Crippen molar-refractivity contribution < 1.29 is 27.1 Å². The Morgan fingerprint density at radius 1 is 1.06 bits per heavy atom. The molecule has 0 saturated heterocycles. The lowest BCUT2D eigenvalue weighted by Crippen LogP contribution is -2.27. The maximum atomic E-state index is 13.0. The topological polar surface area (TPSA) is 107 Å². The van der Waals surface area contributed by atoms with E-state index in [-0.39, 0.29) is 36.3 Å². The van der Waals surface area contributed by atoms with Crippen LogP contribution in [-0.4, -0.2) is 39.6 Å². The summed E-state index contributed by atoms with van der Waals surface area (Å²) < 4.78 is 50.2. The Balaban J connectivity index is 1.58. The highest BCUT2D eigenvalue weighted by molar-refractivity contribution is 7.89. The van der Waals surface area contributed by atoms with Gasteiger partial charge in [-0.15, -0.1) is 0 Å². The van der Waals surface area contributed by atoms with Crippen molar-refractivity contribution in [3.8, 4) is 11.6 Å². The molecule has 0 unspecified atom stereocenters. The predicted molar refractivity (Wildman–Crippen MR) is 115 cm³/mol. The average Bonchev–Trinajstić information content (AvgIpc) is 2.79. The van der Waals surface area contributed by atoms with Crippen molar-refractivity contribution in [2.45, 2.75) is 11.4 Å². The van der Waals surface area contributed by atoms with E-state index < -0.39 is 10.0 Å². The Kier molecular flexibility index (Phi) is 7.87. The quantitative estimate of drug-likeness (QED) is 0.452. The van der Waals surface area contributed by atoms with Gasteiger partial charge in [0.15, 0.2) is 0 Å². The molecule has 0 fully saturated rings. The first-order chi connectivity index (χ1) is 15.4. The number of amides is 1. The van der Waals surface area contributed by atoms with Crippen LogP contribution in [0.3, 0.4) is 0 Å². The zero-order valence-electron chi connectivity index (χ0n) is 17.2. The lowest BCUT2D eigenvalue weighted by Gasteiger charge is -2.09. The summed E-state index contributed by atoms with van der Waals surface area (Å²) in [5.74, 6) is 0.0135. The number of carbonyl (C=O) groups is 1. The van der Waals surface area contributed by atoms with Gasteiger partial charge in [-0.25, -0.2) is 22.5 Å². The zero-order valence-corrected chi connectivity index (χ0v) is 18.1. The van der Waals surface area contributed by atoms with Gasteiger partial charge in [-0.2, -0.15) is 0 Å². The van der Waals surface area contributed by atoms with E-state index in [1.54, 1.807) is 12.1 Å². The van der Waals surface area contributed by atoms with Crippen LogP contribution >= 0.6 is 0 Å². The molecule has 10 heteroatoms. The Bertz CT molecular complexity index is 1150. The van der Waals surface area contributed by atoms with Crippen LogP contribution in [0.5, 0.6) is 11.6 Å². The summed E-state index contributed by atoms with van der Waals surface area (Å²) in [6.07, 6.45) is 1.54. The lowest BCUT2D eigenvalue weighted by atomic mass is 10.2. The number of halogens is 1. The van der Waals surface area contributed by atoms with Crippen molar-refractivity contribution >= 4 is 15.9 Å². The first kappa shape index (κ1) is 23.3. The normalized spacial score (nSPS) is 11.2. The van der Waals surface area contributed by atoms with E-state index in [0.717, 1.165) is 5.56 Å². The second kappa shape index (κ2) is 10.8. The molecule has 1 aromatic heterocycles. The van der Waals surface area contributed by atoms with Gasteiger partial charge in [-0.05, 0) is 60.2 Å². The van der Waals surface area contributed by atoms with Gasteiger partial charge >= 0.3 is 0 Å². The molecule has 3 rings (SSSR count). The fourth-order valence-corrected chi connectivity index (χ4v) is 3.68. The minimum Gasteiger partial charge on any atom is -0.439 e. The molecule has 1 heterocycles. The minimum atomic E-state index is -3.67. The summed E-state index contributed by atoms with van der Waals surface area (Å²) in [7, 11) is -2.19. The number of ether oxygens (including phenoxy) is 2. The van der Waals surface area contributed by atoms with E-state index in [2.05, 4.69) is 15.0 Å². The molecule has 168 valence electrons. The molecule has 0 spiro atoms. The summed E-state index contributed by atoms with van der Waals surface area (Å²) in [4.78, 5) is 16.6. The summed E-state index contributed by atoms with van der Waals surface area (Å²) in [6.45, 7) is 0.616. The molecule has 2 N–H and O–H groups in total. The third-order valence-corrected chi connectivity index (χ3v) is 5.79. The second-order valence-corrected chi connectivity index (χ2v) is 8.42. The monoisotopic (exact) mass is 459 g/mol. The number of hydrogen-bond donors (Lipinski definition) is 2. The van der Waals surface area contributed by atoms with Gasteiger partial charge in [0.1, 0.15) is 11.6 Å². The number of benzene rings is 2. The van der Waals surface area contributed by atoms with Crippen LogP contribution in [0.25, 0.3) is 0 Å². The van der Waals surface area contributed by atoms with E-state index in [1.807, 2.05) is 0 Å². The van der Waals surface area contributed by atoms with E-state index in [0.29, 0.717) is 17.2 Å². The van der Waals surface area contributed by atoms with Gasteiger partial charge in [0.2, 0.25) is 15.9 Å². The predicted octanol–water partition coefficient (Wildman–Crippen LogP) is 2.87. The summed E-state index contributed by atoms with van der Waals surface area (Å²) in [6, 6.07) is 14.5. The number of aromatic nitrogens is 1. The summed E-state index contributed by atoms with van der Waals surface area (Å²) in [5, 5.41) is 2.76. The van der Waals surface area contributed by atoms with E-state index in [1.165, 1.54) is 61.8 Å². The number of rotatable bonds is 10. The SMILES string of the molecule is COCCNS(=O)(=O)c1ccc(C(=O)NCc2ccnc(Oc3ccc(F)cc3)c2)cc1. The number of nitrogens with one attached hydrogen (secondary N) is 2. The molecule has 0 aliphatic heterocycles. The van der Waals surface area contributed by atoms with E-state index in [9.17, 15) is 17.6 Å². The van der Waals surface area contributed by atoms with Crippen LogP contribution < -0.4 is 14.8 Å². The fourth-order valence-electron chi connectivity index (χ4n) is 2.67. The first-order valence-corrected chi connectivity index (χ1v) is 11.1. The number of methoxy groups -OCH3 is 1. The smallest absolute Gasteiger partial charge is 0.251 e. The average molecular weight is 459 g/mol. The van der Waals surface area contributed by atoms with Gasteiger partial charge in [-0.3, -0.25) is 4.79 Å². The maximum absolute atomic E-state index is 13.0. The molecule has 0 atom stereocenters. The lowest BCUT2D eigenvalue weighted by molar-refractivity contribution is 0.0950. The number of pyridine rings is 1. The molecule has 0 radical (unpaired) electrons. The molecular weight excluding hydrogens is 437 g/mol. The third-order valence-electron chi connectivity index (χ3n) is 4.31. The van der Waals surface area contributed by atoms with Crippen LogP contribution in [0.15, 0.2) is 71.8 Å². The first-order valence-electron chi connectivity index (χ1n) is 9.62. The molecule has 2 aromatic carbocycles. The van der Waals surface area contributed by atoms with Gasteiger partial charge < -0.3 is 14.8 Å². The highest BCUT2D eigenvalue weighted by atomic mass is 32.2. The van der Waals surface area contributed by atoms with E-state index >= 15 is 0 Å². The third kappa shape index (κ3) is 6.58. The van der Waals surface area contributed by atoms with Crippen LogP contribution in [0.2, 0.25) is 0 Å². The Labute approximate surface area is 185 Å². The van der Waals surface area contributed by atoms with Crippen molar-refractivity contribution in [2.75, 3.05) is 20.3 Å². The van der Waals surface area contributed by atoms with Gasteiger partial charge in [0.05, 0.1) is 11.5 Å². The highest BCUT2D eigenvalue weighted by Gasteiger charge is 2.14. The van der Waals surface area contributed by atoms with Crippen LogP contribution in [-0.2, 0) is 21.3 Å².